The van der Waals surface area contributed by atoms with Crippen LogP contribution in [0.4, 0.5) is 16.2 Å². The van der Waals surface area contributed by atoms with Gasteiger partial charge in [0.25, 0.3) is 5.91 Å². The van der Waals surface area contributed by atoms with Gasteiger partial charge in [0.15, 0.2) is 5.16 Å². The van der Waals surface area contributed by atoms with Crippen LogP contribution >= 0.6 is 11.8 Å². The van der Waals surface area contributed by atoms with Crippen LogP contribution in [0.1, 0.15) is 24.2 Å². The van der Waals surface area contributed by atoms with Gasteiger partial charge in [0, 0.05) is 35.0 Å². The molecule has 156 valence electrons. The van der Waals surface area contributed by atoms with Crippen LogP contribution in [0.2, 0.25) is 0 Å². The van der Waals surface area contributed by atoms with E-state index < -0.39 is 6.09 Å². The van der Waals surface area contributed by atoms with Crippen molar-refractivity contribution in [2.24, 2.45) is 5.92 Å². The normalized spacial score (nSPS) is 10.7. The zero-order valence-electron chi connectivity index (χ0n) is 17.1. The molecule has 1 heterocycles. The molecule has 0 fully saturated rings. The standard InChI is InChI=1S/C22H24N4O3S/c1-15(2)14-29-22(28)25-18-8-5-7-17(13-18)24-20(27)16-6-4-9-19(12-16)26-11-10-23-21(26)30-3/h4-13,15H,14H2,1-3H3,(H,24,27)(H,25,28). The largest absolute Gasteiger partial charge is 0.449 e. The lowest BCUT2D eigenvalue weighted by Crippen LogP contribution is -2.17. The molecule has 0 radical (unpaired) electrons. The van der Waals surface area contributed by atoms with E-state index in [1.54, 1.807) is 36.5 Å². The van der Waals surface area contributed by atoms with Gasteiger partial charge >= 0.3 is 6.09 Å². The second-order valence-electron chi connectivity index (χ2n) is 6.99. The number of nitrogens with zero attached hydrogens (tertiary/aromatic N) is 2. The molecule has 0 aliphatic heterocycles. The first-order chi connectivity index (χ1) is 14.5. The molecular formula is C22H24N4O3S. The first kappa shape index (κ1) is 21.4. The molecule has 8 heteroatoms. The molecule has 2 N–H and O–H groups in total. The van der Waals surface area contributed by atoms with Crippen molar-refractivity contribution >= 4 is 35.1 Å². The predicted octanol–water partition coefficient (Wildman–Crippen LogP) is 5.05. The van der Waals surface area contributed by atoms with Crippen molar-refractivity contribution in [3.63, 3.8) is 0 Å². The fourth-order valence-corrected chi connectivity index (χ4v) is 3.24. The van der Waals surface area contributed by atoms with E-state index in [1.165, 1.54) is 11.8 Å². The monoisotopic (exact) mass is 424 g/mol. The van der Waals surface area contributed by atoms with E-state index in [-0.39, 0.29) is 11.8 Å². The lowest BCUT2D eigenvalue weighted by Gasteiger charge is -2.11. The van der Waals surface area contributed by atoms with Gasteiger partial charge in [-0.2, -0.15) is 0 Å². The number of carbonyl (C=O) groups excluding carboxylic acids is 2. The third-order valence-electron chi connectivity index (χ3n) is 4.09. The first-order valence-corrected chi connectivity index (χ1v) is 10.7. The summed E-state index contributed by atoms with van der Waals surface area (Å²) in [6, 6.07) is 14.2. The van der Waals surface area contributed by atoms with Gasteiger partial charge in [-0.3, -0.25) is 14.7 Å². The van der Waals surface area contributed by atoms with Crippen LogP contribution in [0.5, 0.6) is 0 Å². The molecule has 0 bridgehead atoms. The number of nitrogens with one attached hydrogen (secondary N) is 2. The molecule has 0 saturated carbocycles. The summed E-state index contributed by atoms with van der Waals surface area (Å²) in [5.74, 6) is 0.00802. The molecule has 2 aromatic carbocycles. The molecular weight excluding hydrogens is 400 g/mol. The van der Waals surface area contributed by atoms with Crippen molar-refractivity contribution in [1.29, 1.82) is 0 Å². The minimum atomic E-state index is -0.523. The van der Waals surface area contributed by atoms with Gasteiger partial charge in [0.1, 0.15) is 0 Å². The lowest BCUT2D eigenvalue weighted by molar-refractivity contribution is 0.102. The summed E-state index contributed by atoms with van der Waals surface area (Å²) in [5, 5.41) is 6.37. The zero-order valence-corrected chi connectivity index (χ0v) is 17.9. The number of carbonyl (C=O) groups is 2. The van der Waals surface area contributed by atoms with E-state index >= 15 is 0 Å². The molecule has 0 spiro atoms. The van der Waals surface area contributed by atoms with E-state index in [0.29, 0.717) is 23.5 Å². The van der Waals surface area contributed by atoms with Crippen LogP contribution in [0.3, 0.4) is 0 Å². The van der Waals surface area contributed by atoms with E-state index in [2.05, 4.69) is 15.6 Å². The van der Waals surface area contributed by atoms with Crippen molar-refractivity contribution < 1.29 is 14.3 Å². The topological polar surface area (TPSA) is 85.3 Å². The maximum Gasteiger partial charge on any atom is 0.411 e. The van der Waals surface area contributed by atoms with E-state index in [9.17, 15) is 9.59 Å². The fourth-order valence-electron chi connectivity index (χ4n) is 2.71. The van der Waals surface area contributed by atoms with E-state index in [0.717, 1.165) is 10.8 Å². The van der Waals surface area contributed by atoms with Crippen molar-refractivity contribution in [2.75, 3.05) is 23.5 Å². The smallest absolute Gasteiger partial charge is 0.411 e. The van der Waals surface area contributed by atoms with Crippen LogP contribution in [-0.2, 0) is 4.74 Å². The Kier molecular flexibility index (Phi) is 7.13. The third-order valence-corrected chi connectivity index (χ3v) is 4.76. The Bertz CT molecular complexity index is 1030. The Morgan fingerprint density at radius 3 is 2.57 bits per heavy atom. The van der Waals surface area contributed by atoms with E-state index in [4.69, 9.17) is 4.74 Å². The number of hydrogen-bond donors (Lipinski definition) is 2. The SMILES string of the molecule is CSc1nccn1-c1cccc(C(=O)Nc2cccc(NC(=O)OCC(C)C)c2)c1. The van der Waals surface area contributed by atoms with Gasteiger partial charge in [0.2, 0.25) is 0 Å². The number of rotatable bonds is 7. The van der Waals surface area contributed by atoms with Crippen molar-refractivity contribution in [3.8, 4) is 5.69 Å². The maximum atomic E-state index is 12.7. The second kappa shape index (κ2) is 9.98. The molecule has 2 amide bonds. The molecule has 0 aliphatic rings. The minimum Gasteiger partial charge on any atom is -0.449 e. The van der Waals surface area contributed by atoms with Crippen molar-refractivity contribution in [1.82, 2.24) is 9.55 Å². The Balaban J connectivity index is 1.69. The summed E-state index contributed by atoms with van der Waals surface area (Å²) in [6.45, 7) is 4.27. The summed E-state index contributed by atoms with van der Waals surface area (Å²) in [4.78, 5) is 28.9. The van der Waals surface area contributed by atoms with Crippen molar-refractivity contribution in [2.45, 2.75) is 19.0 Å². The molecule has 0 unspecified atom stereocenters. The summed E-state index contributed by atoms with van der Waals surface area (Å²) in [6.07, 6.45) is 5.01. The highest BCUT2D eigenvalue weighted by Crippen LogP contribution is 2.20. The van der Waals surface area contributed by atoms with Crippen LogP contribution in [0, 0.1) is 5.92 Å². The number of amides is 2. The number of benzene rings is 2. The van der Waals surface area contributed by atoms with Crippen molar-refractivity contribution in [3.05, 3.63) is 66.5 Å². The zero-order chi connectivity index (χ0) is 21.5. The molecule has 7 nitrogen and oxygen atoms in total. The molecule has 1 aromatic heterocycles. The predicted molar refractivity (Wildman–Crippen MR) is 120 cm³/mol. The van der Waals surface area contributed by atoms with Crippen LogP contribution < -0.4 is 10.6 Å². The minimum absolute atomic E-state index is 0.248. The number of anilines is 2. The Morgan fingerprint density at radius 1 is 1.10 bits per heavy atom. The van der Waals surface area contributed by atoms with Gasteiger partial charge in [-0.25, -0.2) is 9.78 Å². The highest BCUT2D eigenvalue weighted by molar-refractivity contribution is 7.98. The molecule has 3 aromatic rings. The van der Waals surface area contributed by atoms with Crippen LogP contribution in [0.15, 0.2) is 66.1 Å². The first-order valence-electron chi connectivity index (χ1n) is 9.49. The van der Waals surface area contributed by atoms with Gasteiger partial charge in [-0.05, 0) is 48.6 Å². The number of hydrogen-bond acceptors (Lipinski definition) is 5. The Hall–Kier alpha value is -3.26. The Labute approximate surface area is 179 Å². The van der Waals surface area contributed by atoms with Gasteiger partial charge in [-0.1, -0.05) is 37.7 Å². The number of imidazole rings is 1. The molecule has 0 aliphatic carbocycles. The molecule has 3 rings (SSSR count). The second-order valence-corrected chi connectivity index (χ2v) is 7.76. The summed E-state index contributed by atoms with van der Waals surface area (Å²) in [7, 11) is 0. The quantitative estimate of drug-likeness (QED) is 0.518. The highest BCUT2D eigenvalue weighted by Gasteiger charge is 2.11. The highest BCUT2D eigenvalue weighted by atomic mass is 32.2. The molecule has 0 saturated heterocycles. The lowest BCUT2D eigenvalue weighted by atomic mass is 10.1. The molecule has 0 atom stereocenters. The fraction of sp³-hybridized carbons (Fsp3) is 0.227. The summed E-state index contributed by atoms with van der Waals surface area (Å²) in [5.41, 5.74) is 2.48. The van der Waals surface area contributed by atoms with Crippen LogP contribution in [-0.4, -0.2) is 34.4 Å². The average Bonchev–Trinajstić information content (AvgIpc) is 3.21. The average molecular weight is 425 g/mol. The van der Waals surface area contributed by atoms with Gasteiger partial charge in [0.05, 0.1) is 6.61 Å². The third kappa shape index (κ3) is 5.64. The van der Waals surface area contributed by atoms with Gasteiger partial charge in [-0.15, -0.1) is 0 Å². The summed E-state index contributed by atoms with van der Waals surface area (Å²) < 4.78 is 7.04. The number of aromatic nitrogens is 2. The Morgan fingerprint density at radius 2 is 1.83 bits per heavy atom. The maximum absolute atomic E-state index is 12.7. The van der Waals surface area contributed by atoms with Crippen LogP contribution in [0.25, 0.3) is 5.69 Å². The van der Waals surface area contributed by atoms with E-state index in [1.807, 2.05) is 49.1 Å². The summed E-state index contributed by atoms with van der Waals surface area (Å²) >= 11 is 1.53. The molecule has 30 heavy (non-hydrogen) atoms. The van der Waals surface area contributed by atoms with Gasteiger partial charge < -0.3 is 10.1 Å². The number of ether oxygens (including phenoxy) is 1. The number of thioether (sulfide) groups is 1.